The number of imide groups is 1. The number of rotatable bonds is 6. The van der Waals surface area contributed by atoms with E-state index in [1.165, 1.54) is 12.1 Å². The molecular weight excluding hydrogens is 517 g/mol. The van der Waals surface area contributed by atoms with E-state index in [0.717, 1.165) is 26.7 Å². The third-order valence-corrected chi connectivity index (χ3v) is 6.50. The lowest BCUT2D eigenvalue weighted by Crippen LogP contribution is -2.27. The molecule has 1 saturated heterocycles. The van der Waals surface area contributed by atoms with Crippen LogP contribution in [0, 0.1) is 5.82 Å². The van der Waals surface area contributed by atoms with E-state index in [0.29, 0.717) is 21.9 Å². The Labute approximate surface area is 202 Å². The molecule has 0 radical (unpaired) electrons. The van der Waals surface area contributed by atoms with Gasteiger partial charge in [-0.3, -0.25) is 14.5 Å². The zero-order valence-electron chi connectivity index (χ0n) is 16.6. The van der Waals surface area contributed by atoms with Crippen LogP contribution in [0.4, 0.5) is 9.18 Å². The molecular formula is C24H16BrClFNO3S. The predicted molar refractivity (Wildman–Crippen MR) is 128 cm³/mol. The fourth-order valence-corrected chi connectivity index (χ4v) is 4.48. The minimum atomic E-state index is -0.402. The molecule has 2 amide bonds. The molecule has 3 aromatic carbocycles. The van der Waals surface area contributed by atoms with Crippen LogP contribution in [0.3, 0.4) is 0 Å². The Balaban J connectivity index is 1.55. The summed E-state index contributed by atoms with van der Waals surface area (Å²) in [5, 5.41) is 0.229. The molecule has 0 saturated carbocycles. The molecule has 1 aliphatic heterocycles. The first kappa shape index (κ1) is 22.6. The topological polar surface area (TPSA) is 46.6 Å². The van der Waals surface area contributed by atoms with Gasteiger partial charge in [0.2, 0.25) is 0 Å². The summed E-state index contributed by atoms with van der Waals surface area (Å²) in [6.45, 7) is 0.338. The first-order valence-corrected chi connectivity index (χ1v) is 11.5. The summed E-state index contributed by atoms with van der Waals surface area (Å²) in [6.07, 6.45) is 1.64. The van der Waals surface area contributed by atoms with Crippen molar-refractivity contribution in [2.24, 2.45) is 0 Å². The number of carbonyl (C=O) groups is 2. The molecule has 1 fully saturated rings. The monoisotopic (exact) mass is 531 g/mol. The highest BCUT2D eigenvalue weighted by molar-refractivity contribution is 9.10. The summed E-state index contributed by atoms with van der Waals surface area (Å²) in [6, 6.07) is 18.5. The van der Waals surface area contributed by atoms with Gasteiger partial charge in [0.25, 0.3) is 11.1 Å². The fraction of sp³-hybridized carbons (Fsp3) is 0.0833. The standard InChI is InChI=1S/C24H16BrClFNO3S/c25-18-7-10-21(31-14-16-3-1-2-4-20(16)26)17(11-18)12-22-23(29)28(24(30)32-22)13-15-5-8-19(27)9-6-15/h1-12H,13-14H2/b22-12+. The second-order valence-corrected chi connectivity index (χ2v) is 9.27. The first-order chi connectivity index (χ1) is 15.4. The van der Waals surface area contributed by atoms with Gasteiger partial charge in [-0.05, 0) is 59.8 Å². The average molecular weight is 533 g/mol. The van der Waals surface area contributed by atoms with Crippen molar-refractivity contribution in [1.29, 1.82) is 0 Å². The number of amides is 2. The van der Waals surface area contributed by atoms with Gasteiger partial charge in [-0.15, -0.1) is 0 Å². The van der Waals surface area contributed by atoms with Gasteiger partial charge in [-0.1, -0.05) is 57.9 Å². The largest absolute Gasteiger partial charge is 0.488 e. The first-order valence-electron chi connectivity index (χ1n) is 9.56. The number of ether oxygens (including phenoxy) is 1. The molecule has 8 heteroatoms. The Morgan fingerprint density at radius 3 is 2.56 bits per heavy atom. The zero-order valence-corrected chi connectivity index (χ0v) is 19.7. The quantitative estimate of drug-likeness (QED) is 0.319. The smallest absolute Gasteiger partial charge is 0.293 e. The van der Waals surface area contributed by atoms with Gasteiger partial charge in [0.15, 0.2) is 0 Å². The molecule has 162 valence electrons. The number of halogens is 3. The second-order valence-electron chi connectivity index (χ2n) is 6.96. The minimum Gasteiger partial charge on any atom is -0.488 e. The van der Waals surface area contributed by atoms with Gasteiger partial charge in [-0.2, -0.15) is 0 Å². The van der Waals surface area contributed by atoms with Gasteiger partial charge >= 0.3 is 0 Å². The van der Waals surface area contributed by atoms with E-state index in [2.05, 4.69) is 15.9 Å². The number of hydrogen-bond donors (Lipinski definition) is 0. The Bertz CT molecular complexity index is 1220. The molecule has 1 aliphatic rings. The Kier molecular flexibility index (Phi) is 6.98. The molecule has 0 spiro atoms. The van der Waals surface area contributed by atoms with E-state index in [1.807, 2.05) is 30.3 Å². The number of hydrogen-bond acceptors (Lipinski definition) is 4. The van der Waals surface area contributed by atoms with Crippen molar-refractivity contribution in [3.63, 3.8) is 0 Å². The number of carbonyl (C=O) groups excluding carboxylic acids is 2. The van der Waals surface area contributed by atoms with Crippen LogP contribution in [-0.4, -0.2) is 16.0 Å². The predicted octanol–water partition coefficient (Wildman–Crippen LogP) is 7.06. The highest BCUT2D eigenvalue weighted by Gasteiger charge is 2.35. The van der Waals surface area contributed by atoms with Crippen molar-refractivity contribution >= 4 is 56.5 Å². The van der Waals surface area contributed by atoms with Gasteiger partial charge < -0.3 is 4.74 Å². The van der Waals surface area contributed by atoms with Crippen LogP contribution < -0.4 is 4.74 Å². The normalized spacial score (nSPS) is 15.0. The van der Waals surface area contributed by atoms with Gasteiger partial charge in [0.1, 0.15) is 18.2 Å². The van der Waals surface area contributed by atoms with Crippen LogP contribution in [-0.2, 0) is 17.9 Å². The lowest BCUT2D eigenvalue weighted by Gasteiger charge is -2.13. The summed E-state index contributed by atoms with van der Waals surface area (Å²) in [5.41, 5.74) is 2.16. The summed E-state index contributed by atoms with van der Waals surface area (Å²) in [4.78, 5) is 26.8. The van der Waals surface area contributed by atoms with E-state index >= 15 is 0 Å². The molecule has 0 aromatic heterocycles. The maximum atomic E-state index is 13.1. The van der Waals surface area contributed by atoms with Crippen molar-refractivity contribution in [2.75, 3.05) is 0 Å². The maximum Gasteiger partial charge on any atom is 0.293 e. The van der Waals surface area contributed by atoms with E-state index in [-0.39, 0.29) is 29.1 Å². The van der Waals surface area contributed by atoms with Crippen LogP contribution >= 0.6 is 39.3 Å². The van der Waals surface area contributed by atoms with Crippen molar-refractivity contribution in [3.05, 3.63) is 104 Å². The van der Waals surface area contributed by atoms with E-state index in [4.69, 9.17) is 16.3 Å². The second kappa shape index (κ2) is 9.90. The molecule has 0 bridgehead atoms. The third kappa shape index (κ3) is 5.23. The molecule has 4 rings (SSSR count). The van der Waals surface area contributed by atoms with Crippen LogP contribution in [0.1, 0.15) is 16.7 Å². The molecule has 0 unspecified atom stereocenters. The highest BCUT2D eigenvalue weighted by atomic mass is 79.9. The summed E-state index contributed by atoms with van der Waals surface area (Å²) in [5.74, 6) is -0.221. The van der Waals surface area contributed by atoms with Crippen molar-refractivity contribution in [3.8, 4) is 5.75 Å². The van der Waals surface area contributed by atoms with Gasteiger partial charge in [0, 0.05) is 20.6 Å². The van der Waals surface area contributed by atoms with Gasteiger partial charge in [0.05, 0.1) is 11.4 Å². The van der Waals surface area contributed by atoms with Crippen molar-refractivity contribution in [2.45, 2.75) is 13.2 Å². The lowest BCUT2D eigenvalue weighted by molar-refractivity contribution is -0.123. The average Bonchev–Trinajstić information content (AvgIpc) is 3.03. The molecule has 1 heterocycles. The van der Waals surface area contributed by atoms with E-state index < -0.39 is 5.91 Å². The third-order valence-electron chi connectivity index (χ3n) is 4.73. The minimum absolute atomic E-state index is 0.0800. The highest BCUT2D eigenvalue weighted by Crippen LogP contribution is 2.36. The molecule has 0 atom stereocenters. The molecule has 0 N–H and O–H groups in total. The number of thioether (sulfide) groups is 1. The molecule has 32 heavy (non-hydrogen) atoms. The Hall–Kier alpha value is -2.61. The number of benzene rings is 3. The SMILES string of the molecule is O=C1S/C(=C/c2cc(Br)ccc2OCc2ccccc2Cl)C(=O)N1Cc1ccc(F)cc1. The summed E-state index contributed by atoms with van der Waals surface area (Å²) >= 11 is 10.5. The number of nitrogens with zero attached hydrogens (tertiary/aromatic N) is 1. The Morgan fingerprint density at radius 1 is 1.06 bits per heavy atom. The summed E-state index contributed by atoms with van der Waals surface area (Å²) < 4.78 is 19.9. The molecule has 0 aliphatic carbocycles. The van der Waals surface area contributed by atoms with Crippen LogP contribution in [0.25, 0.3) is 6.08 Å². The van der Waals surface area contributed by atoms with Gasteiger partial charge in [-0.25, -0.2) is 4.39 Å². The molecule has 3 aromatic rings. The molecule has 4 nitrogen and oxygen atoms in total. The van der Waals surface area contributed by atoms with Crippen LogP contribution in [0.2, 0.25) is 5.02 Å². The van der Waals surface area contributed by atoms with Crippen LogP contribution in [0.5, 0.6) is 5.75 Å². The maximum absolute atomic E-state index is 13.1. The zero-order chi connectivity index (χ0) is 22.7. The lowest BCUT2D eigenvalue weighted by atomic mass is 10.1. The van der Waals surface area contributed by atoms with Crippen molar-refractivity contribution < 1.29 is 18.7 Å². The fourth-order valence-electron chi connectivity index (χ4n) is 3.08. The summed E-state index contributed by atoms with van der Waals surface area (Å²) in [7, 11) is 0. The van der Waals surface area contributed by atoms with E-state index in [9.17, 15) is 14.0 Å². The van der Waals surface area contributed by atoms with E-state index in [1.54, 1.807) is 30.3 Å². The van der Waals surface area contributed by atoms with Crippen LogP contribution in [0.15, 0.2) is 76.1 Å². The van der Waals surface area contributed by atoms with Crippen molar-refractivity contribution in [1.82, 2.24) is 4.90 Å². The Morgan fingerprint density at radius 2 is 1.81 bits per heavy atom.